The van der Waals surface area contributed by atoms with Crippen molar-refractivity contribution in [3.63, 3.8) is 0 Å². The zero-order valence-electron chi connectivity index (χ0n) is 14.5. The second kappa shape index (κ2) is 8.54. The van der Waals surface area contributed by atoms with Crippen molar-refractivity contribution in [2.24, 2.45) is 11.0 Å². The number of carbonyl (C=O) groups is 1. The molecule has 3 rings (SSSR count). The van der Waals surface area contributed by atoms with Crippen molar-refractivity contribution in [2.45, 2.75) is 13.0 Å². The number of amides is 1. The van der Waals surface area contributed by atoms with E-state index in [0.717, 1.165) is 11.1 Å². The summed E-state index contributed by atoms with van der Waals surface area (Å²) >= 11 is 5.85. The molecule has 1 aliphatic heterocycles. The minimum Gasteiger partial charge on any atom is -0.489 e. The zero-order chi connectivity index (χ0) is 19.3. The van der Waals surface area contributed by atoms with Gasteiger partial charge in [-0.05, 0) is 53.9 Å². The van der Waals surface area contributed by atoms with Crippen LogP contribution in [0.1, 0.15) is 17.5 Å². The highest BCUT2D eigenvalue weighted by atomic mass is 35.5. The monoisotopic (exact) mass is 406 g/mol. The Kier molecular flexibility index (Phi) is 6.13. The molecule has 0 saturated carbocycles. The highest BCUT2D eigenvalue weighted by Crippen LogP contribution is 2.18. The van der Waals surface area contributed by atoms with Gasteiger partial charge in [-0.25, -0.2) is 13.8 Å². The predicted octanol–water partition coefficient (Wildman–Crippen LogP) is 2.80. The number of halogens is 1. The summed E-state index contributed by atoms with van der Waals surface area (Å²) in [6.07, 6.45) is 1.85. The summed E-state index contributed by atoms with van der Waals surface area (Å²) < 4.78 is 28.5. The average Bonchev–Trinajstić information content (AvgIpc) is 3.02. The van der Waals surface area contributed by atoms with Crippen LogP contribution >= 0.6 is 11.6 Å². The minimum atomic E-state index is -3.08. The molecule has 2 aromatic carbocycles. The van der Waals surface area contributed by atoms with Gasteiger partial charge >= 0.3 is 0 Å². The van der Waals surface area contributed by atoms with Crippen molar-refractivity contribution in [2.75, 3.05) is 11.5 Å². The van der Waals surface area contributed by atoms with E-state index in [4.69, 9.17) is 16.3 Å². The molecule has 1 amide bonds. The van der Waals surface area contributed by atoms with Crippen molar-refractivity contribution in [1.82, 2.24) is 5.43 Å². The molecule has 0 spiro atoms. The number of ether oxygens (including phenoxy) is 1. The van der Waals surface area contributed by atoms with Crippen LogP contribution in [-0.4, -0.2) is 32.0 Å². The second-order valence-corrected chi connectivity index (χ2v) is 8.98. The third-order valence-corrected chi connectivity index (χ3v) is 6.21. The summed E-state index contributed by atoms with van der Waals surface area (Å²) in [6.45, 7) is 0.435. The standard InChI is InChI=1S/C19H19ClN2O4S/c20-17-5-1-15(2-6-17)12-26-18-7-3-14(4-8-18)11-21-22-19(23)16-9-10-27(24,25)13-16/h1-8,11,16H,9-10,12-13H2,(H,22,23)/b21-11-/t16-/m1/s1. The fourth-order valence-electron chi connectivity index (χ4n) is 2.66. The Morgan fingerprint density at radius 3 is 2.52 bits per heavy atom. The Morgan fingerprint density at radius 2 is 1.89 bits per heavy atom. The summed E-state index contributed by atoms with van der Waals surface area (Å²) in [6, 6.07) is 14.7. The van der Waals surface area contributed by atoms with Crippen molar-refractivity contribution in [3.05, 3.63) is 64.7 Å². The third-order valence-electron chi connectivity index (χ3n) is 4.19. The van der Waals surface area contributed by atoms with Crippen LogP contribution in [0.3, 0.4) is 0 Å². The van der Waals surface area contributed by atoms with E-state index < -0.39 is 15.8 Å². The molecule has 1 heterocycles. The number of sulfone groups is 1. The number of benzene rings is 2. The first-order valence-corrected chi connectivity index (χ1v) is 10.6. The van der Waals surface area contributed by atoms with Crippen LogP contribution in [-0.2, 0) is 21.2 Å². The molecule has 0 unspecified atom stereocenters. The molecule has 0 aliphatic carbocycles. The van der Waals surface area contributed by atoms with Gasteiger partial charge in [0, 0.05) is 5.02 Å². The van der Waals surface area contributed by atoms with Gasteiger partial charge in [-0.2, -0.15) is 5.10 Å². The Bertz CT molecular complexity index is 925. The quantitative estimate of drug-likeness (QED) is 0.590. The maximum Gasteiger partial charge on any atom is 0.244 e. The molecule has 0 radical (unpaired) electrons. The fourth-order valence-corrected chi connectivity index (χ4v) is 4.53. The first-order chi connectivity index (χ1) is 12.9. The van der Waals surface area contributed by atoms with Gasteiger partial charge in [0.25, 0.3) is 0 Å². The third kappa shape index (κ3) is 5.80. The first-order valence-electron chi connectivity index (χ1n) is 8.42. The molecular weight excluding hydrogens is 388 g/mol. The maximum absolute atomic E-state index is 11.9. The van der Waals surface area contributed by atoms with E-state index in [1.807, 2.05) is 48.5 Å². The van der Waals surface area contributed by atoms with Crippen LogP contribution in [0.15, 0.2) is 53.6 Å². The molecule has 1 saturated heterocycles. The van der Waals surface area contributed by atoms with Crippen molar-refractivity contribution in [1.29, 1.82) is 0 Å². The lowest BCUT2D eigenvalue weighted by atomic mass is 10.1. The summed E-state index contributed by atoms with van der Waals surface area (Å²) in [5, 5.41) is 4.58. The number of hydrogen-bond acceptors (Lipinski definition) is 5. The van der Waals surface area contributed by atoms with Gasteiger partial charge in [0.1, 0.15) is 12.4 Å². The largest absolute Gasteiger partial charge is 0.489 e. The second-order valence-electron chi connectivity index (χ2n) is 6.32. The van der Waals surface area contributed by atoms with Crippen LogP contribution in [0.2, 0.25) is 5.02 Å². The molecule has 27 heavy (non-hydrogen) atoms. The van der Waals surface area contributed by atoms with Crippen LogP contribution in [0.4, 0.5) is 0 Å². The topological polar surface area (TPSA) is 84.8 Å². The molecule has 8 heteroatoms. The zero-order valence-corrected chi connectivity index (χ0v) is 16.0. The highest BCUT2D eigenvalue weighted by molar-refractivity contribution is 7.91. The normalized spacial score (nSPS) is 18.5. The Labute approximate surface area is 163 Å². The molecule has 1 aliphatic rings. The SMILES string of the molecule is O=C(N/N=C\c1ccc(OCc2ccc(Cl)cc2)cc1)[C@@H]1CCS(=O)(=O)C1. The van der Waals surface area contributed by atoms with Gasteiger partial charge in [0.05, 0.1) is 23.6 Å². The minimum absolute atomic E-state index is 0.0618. The van der Waals surface area contributed by atoms with E-state index in [-0.39, 0.29) is 17.4 Å². The molecule has 0 bridgehead atoms. The summed E-state index contributed by atoms with van der Waals surface area (Å²) in [5.41, 5.74) is 4.20. The van der Waals surface area contributed by atoms with E-state index in [1.165, 1.54) is 6.21 Å². The number of nitrogens with zero attached hydrogens (tertiary/aromatic N) is 1. The molecule has 6 nitrogen and oxygen atoms in total. The van der Waals surface area contributed by atoms with Gasteiger partial charge in [-0.1, -0.05) is 23.7 Å². The van der Waals surface area contributed by atoms with E-state index in [0.29, 0.717) is 23.8 Å². The lowest BCUT2D eigenvalue weighted by Crippen LogP contribution is -2.27. The van der Waals surface area contributed by atoms with Crippen LogP contribution in [0.25, 0.3) is 0 Å². The van der Waals surface area contributed by atoms with Gasteiger partial charge in [-0.3, -0.25) is 4.79 Å². The van der Waals surface area contributed by atoms with Crippen molar-refractivity contribution in [3.8, 4) is 5.75 Å². The summed E-state index contributed by atoms with van der Waals surface area (Å²) in [7, 11) is -3.08. The van der Waals surface area contributed by atoms with E-state index >= 15 is 0 Å². The van der Waals surface area contributed by atoms with Crippen LogP contribution < -0.4 is 10.2 Å². The van der Waals surface area contributed by atoms with Gasteiger partial charge in [0.2, 0.25) is 5.91 Å². The molecule has 0 aromatic heterocycles. The average molecular weight is 407 g/mol. The predicted molar refractivity (Wildman–Crippen MR) is 105 cm³/mol. The van der Waals surface area contributed by atoms with E-state index in [2.05, 4.69) is 10.5 Å². The number of hydrazone groups is 1. The van der Waals surface area contributed by atoms with E-state index in [9.17, 15) is 13.2 Å². The fraction of sp³-hybridized carbons (Fsp3) is 0.263. The van der Waals surface area contributed by atoms with E-state index in [1.54, 1.807) is 0 Å². The maximum atomic E-state index is 11.9. The van der Waals surface area contributed by atoms with Crippen molar-refractivity contribution >= 4 is 33.6 Å². The van der Waals surface area contributed by atoms with Crippen molar-refractivity contribution < 1.29 is 17.9 Å². The molecule has 2 aromatic rings. The molecule has 142 valence electrons. The summed E-state index contributed by atoms with van der Waals surface area (Å²) in [4.78, 5) is 11.9. The number of rotatable bonds is 6. The number of nitrogens with one attached hydrogen (secondary N) is 1. The Morgan fingerprint density at radius 1 is 1.19 bits per heavy atom. The molecular formula is C19H19ClN2O4S. The Balaban J connectivity index is 1.47. The first kappa shape index (κ1) is 19.4. The van der Waals surface area contributed by atoms with Gasteiger partial charge < -0.3 is 4.74 Å². The molecule has 1 N–H and O–H groups in total. The Hall–Kier alpha value is -2.38. The summed E-state index contributed by atoms with van der Waals surface area (Å²) in [5.74, 6) is -0.214. The van der Waals surface area contributed by atoms with Gasteiger partial charge in [0.15, 0.2) is 9.84 Å². The van der Waals surface area contributed by atoms with Gasteiger partial charge in [-0.15, -0.1) is 0 Å². The van der Waals surface area contributed by atoms with Crippen LogP contribution in [0.5, 0.6) is 5.75 Å². The lowest BCUT2D eigenvalue weighted by Gasteiger charge is -2.07. The van der Waals surface area contributed by atoms with Crippen LogP contribution in [0, 0.1) is 5.92 Å². The highest BCUT2D eigenvalue weighted by Gasteiger charge is 2.32. The number of hydrogen-bond donors (Lipinski definition) is 1. The molecule has 1 atom stereocenters. The lowest BCUT2D eigenvalue weighted by molar-refractivity contribution is -0.124. The smallest absolute Gasteiger partial charge is 0.244 e. The molecule has 1 fully saturated rings. The number of carbonyl (C=O) groups excluding carboxylic acids is 1.